The van der Waals surface area contributed by atoms with Crippen molar-refractivity contribution in [3.8, 4) is 17.2 Å². The van der Waals surface area contributed by atoms with Crippen LogP contribution in [0.5, 0.6) is 0 Å². The number of hydrogen-bond donors (Lipinski definition) is 1. The third-order valence-electron chi connectivity index (χ3n) is 6.30. The van der Waals surface area contributed by atoms with E-state index in [2.05, 4.69) is 23.3 Å². The first kappa shape index (κ1) is 21.8. The lowest BCUT2D eigenvalue weighted by atomic mass is 10.0. The normalized spacial score (nSPS) is 18.7. The second-order valence-electron chi connectivity index (χ2n) is 8.80. The summed E-state index contributed by atoms with van der Waals surface area (Å²) in [4.78, 5) is 32.0. The zero-order valence-corrected chi connectivity index (χ0v) is 19.4. The van der Waals surface area contributed by atoms with E-state index in [1.807, 2.05) is 47.4 Å². The lowest BCUT2D eigenvalue weighted by molar-refractivity contribution is -0.119. The molecule has 8 heteroatoms. The molecule has 2 fully saturated rings. The van der Waals surface area contributed by atoms with E-state index in [9.17, 15) is 14.9 Å². The van der Waals surface area contributed by atoms with Crippen molar-refractivity contribution in [3.05, 3.63) is 53.4 Å². The molecule has 2 amide bonds. The van der Waals surface area contributed by atoms with Crippen LogP contribution < -0.4 is 10.2 Å². The fourth-order valence-electron chi connectivity index (χ4n) is 4.15. The molecule has 3 aliphatic rings. The van der Waals surface area contributed by atoms with Crippen LogP contribution in [0.25, 0.3) is 11.1 Å². The number of hydrogen-bond acceptors (Lipinski definition) is 6. The van der Waals surface area contributed by atoms with E-state index in [1.54, 1.807) is 4.90 Å². The van der Waals surface area contributed by atoms with E-state index in [0.717, 1.165) is 60.7 Å². The number of nitrogens with zero attached hydrogens (tertiary/aromatic N) is 4. The molecule has 0 atom stereocenters. The Bertz CT molecular complexity index is 1100. The van der Waals surface area contributed by atoms with Gasteiger partial charge in [0.1, 0.15) is 6.07 Å². The van der Waals surface area contributed by atoms with Gasteiger partial charge in [0, 0.05) is 42.7 Å². The van der Waals surface area contributed by atoms with Gasteiger partial charge in [-0.2, -0.15) is 5.26 Å². The minimum Gasteiger partial charge on any atom is -0.352 e. The van der Waals surface area contributed by atoms with Crippen molar-refractivity contribution >= 4 is 29.3 Å². The summed E-state index contributed by atoms with van der Waals surface area (Å²) in [5, 5.41) is 13.1. The zero-order chi connectivity index (χ0) is 22.9. The molecule has 0 spiro atoms. The number of carbonyl (C=O) groups excluding carboxylic acids is 2. The van der Waals surface area contributed by atoms with Crippen molar-refractivity contribution < 1.29 is 9.59 Å². The van der Waals surface area contributed by atoms with E-state index >= 15 is 0 Å². The molecular formula is C25H26N5O2S. The molecule has 1 N–H and O–H groups in total. The van der Waals surface area contributed by atoms with Gasteiger partial charge in [0.15, 0.2) is 0 Å². The van der Waals surface area contributed by atoms with E-state index in [0.29, 0.717) is 17.0 Å². The van der Waals surface area contributed by atoms with Crippen molar-refractivity contribution in [2.24, 2.45) is 0 Å². The summed E-state index contributed by atoms with van der Waals surface area (Å²) in [5.74, 6) is 0.0240. The van der Waals surface area contributed by atoms with E-state index in [4.69, 9.17) is 0 Å². The lowest BCUT2D eigenvalue weighted by Gasteiger charge is -2.32. The summed E-state index contributed by atoms with van der Waals surface area (Å²) in [6.07, 6.45) is 2.07. The highest BCUT2D eigenvalue weighted by atomic mass is 32.2. The molecule has 33 heavy (non-hydrogen) atoms. The van der Waals surface area contributed by atoms with Gasteiger partial charge in [-0.1, -0.05) is 30.0 Å². The molecular weight excluding hydrogens is 434 g/mol. The molecule has 0 bridgehead atoms. The molecule has 1 aliphatic carbocycles. The van der Waals surface area contributed by atoms with E-state index < -0.39 is 0 Å². The molecule has 7 nitrogen and oxygen atoms in total. The molecule has 0 unspecified atom stereocenters. The highest BCUT2D eigenvalue weighted by Gasteiger charge is 2.34. The first-order chi connectivity index (χ1) is 16.0. The second-order valence-corrected chi connectivity index (χ2v) is 9.83. The number of amides is 2. The van der Waals surface area contributed by atoms with Gasteiger partial charge in [-0.3, -0.25) is 9.59 Å². The van der Waals surface area contributed by atoms with Crippen LogP contribution in [0.1, 0.15) is 23.2 Å². The minimum atomic E-state index is -0.0524. The van der Waals surface area contributed by atoms with Crippen LogP contribution in [-0.4, -0.2) is 67.4 Å². The maximum absolute atomic E-state index is 12.8. The number of piperazine rings is 1. The smallest absolute Gasteiger partial charge is 0.253 e. The second kappa shape index (κ2) is 9.08. The van der Waals surface area contributed by atoms with Gasteiger partial charge in [-0.25, -0.2) is 0 Å². The molecule has 1 radical (unpaired) electrons. The summed E-state index contributed by atoms with van der Waals surface area (Å²) >= 11 is 1.39. The van der Waals surface area contributed by atoms with Crippen molar-refractivity contribution in [3.63, 3.8) is 0 Å². The quantitative estimate of drug-likeness (QED) is 0.739. The van der Waals surface area contributed by atoms with Crippen molar-refractivity contribution in [2.45, 2.75) is 23.8 Å². The molecule has 5 rings (SSSR count). The molecule has 1 saturated heterocycles. The molecule has 169 valence electrons. The van der Waals surface area contributed by atoms with Crippen molar-refractivity contribution in [1.82, 2.24) is 15.1 Å². The van der Waals surface area contributed by atoms with Crippen LogP contribution in [0.15, 0.2) is 47.4 Å². The van der Waals surface area contributed by atoms with Gasteiger partial charge in [0.25, 0.3) is 5.91 Å². The van der Waals surface area contributed by atoms with Crippen molar-refractivity contribution in [2.75, 3.05) is 44.7 Å². The summed E-state index contributed by atoms with van der Waals surface area (Å²) in [7, 11) is 2.07. The first-order valence-electron chi connectivity index (χ1n) is 11.3. The number of anilines is 1. The Kier molecular flexibility index (Phi) is 6.00. The number of likely N-dealkylation sites (N-methyl/N-ethyl adjacent to an activating group) is 1. The highest BCUT2D eigenvalue weighted by molar-refractivity contribution is 8.03. The molecule has 2 aliphatic heterocycles. The van der Waals surface area contributed by atoms with Gasteiger partial charge < -0.3 is 20.0 Å². The van der Waals surface area contributed by atoms with Gasteiger partial charge >= 0.3 is 0 Å². The van der Waals surface area contributed by atoms with Gasteiger partial charge in [-0.05, 0) is 55.3 Å². The number of nitrogens with one attached hydrogen (secondary N) is 1. The third kappa shape index (κ3) is 4.70. The summed E-state index contributed by atoms with van der Waals surface area (Å²) in [6, 6.07) is 16.3. The van der Waals surface area contributed by atoms with Crippen LogP contribution >= 0.6 is 11.8 Å². The summed E-state index contributed by atoms with van der Waals surface area (Å²) in [5.41, 5.74) is 3.61. The van der Waals surface area contributed by atoms with Gasteiger partial charge in [-0.15, -0.1) is 0 Å². The Balaban J connectivity index is 1.30. The standard InChI is InChI=1S/C25H26N5O2S/c1-28-10-12-29(13-11-28)25(32)18-4-2-17(3-5-18)19-6-9-21-22(14-19)33-24(15-26)30(21)16-23(31)27-20-7-8-20/h2-6,9,14,20H,7-8,10-13,16H2,1H3,(H,27,31). The largest absolute Gasteiger partial charge is 0.352 e. The van der Waals surface area contributed by atoms with Gasteiger partial charge in [0.2, 0.25) is 11.3 Å². The predicted octanol–water partition coefficient (Wildman–Crippen LogP) is 2.94. The first-order valence-corrected chi connectivity index (χ1v) is 12.1. The maximum atomic E-state index is 12.8. The zero-order valence-electron chi connectivity index (χ0n) is 18.6. The Hall–Kier alpha value is -3.02. The maximum Gasteiger partial charge on any atom is 0.253 e. The number of rotatable bonds is 5. The average Bonchev–Trinajstić information content (AvgIpc) is 3.58. The van der Waals surface area contributed by atoms with Crippen LogP contribution in [0, 0.1) is 16.7 Å². The molecule has 0 aromatic heterocycles. The fraction of sp³-hybridized carbons (Fsp3) is 0.360. The van der Waals surface area contributed by atoms with Crippen LogP contribution in [0.3, 0.4) is 0 Å². The third-order valence-corrected chi connectivity index (χ3v) is 7.35. The number of nitriles is 1. The van der Waals surface area contributed by atoms with E-state index in [1.165, 1.54) is 11.8 Å². The monoisotopic (exact) mass is 460 g/mol. The molecule has 2 heterocycles. The average molecular weight is 461 g/mol. The van der Waals surface area contributed by atoms with Gasteiger partial charge in [0.05, 0.1) is 12.2 Å². The Morgan fingerprint density at radius 3 is 2.42 bits per heavy atom. The Morgan fingerprint density at radius 2 is 1.76 bits per heavy atom. The molecule has 2 aromatic carbocycles. The van der Waals surface area contributed by atoms with Crippen LogP contribution in [-0.2, 0) is 4.79 Å². The fourth-order valence-corrected chi connectivity index (χ4v) is 5.14. The topological polar surface area (TPSA) is 79.7 Å². The summed E-state index contributed by atoms with van der Waals surface area (Å²) < 4.78 is 0. The van der Waals surface area contributed by atoms with Crippen LogP contribution in [0.4, 0.5) is 5.69 Å². The number of carbonyl (C=O) groups is 2. The Labute approximate surface area is 198 Å². The van der Waals surface area contributed by atoms with Crippen LogP contribution in [0.2, 0.25) is 0 Å². The number of fused-ring (bicyclic) bond motifs is 1. The Morgan fingerprint density at radius 1 is 1.06 bits per heavy atom. The predicted molar refractivity (Wildman–Crippen MR) is 129 cm³/mol. The highest BCUT2D eigenvalue weighted by Crippen LogP contribution is 2.48. The number of benzene rings is 2. The minimum absolute atomic E-state index is 0.0524. The number of thioether (sulfide) groups is 1. The van der Waals surface area contributed by atoms with E-state index in [-0.39, 0.29) is 18.4 Å². The van der Waals surface area contributed by atoms with Crippen molar-refractivity contribution in [1.29, 1.82) is 5.26 Å². The SMILES string of the molecule is CN1CCN(C(=O)c2ccc(-c3ccc4c(c3)S[C](C#N)N4CC(=O)NC3CC3)cc2)CC1. The molecule has 2 aromatic rings. The lowest BCUT2D eigenvalue weighted by Crippen LogP contribution is -2.47. The summed E-state index contributed by atoms with van der Waals surface area (Å²) in [6.45, 7) is 3.47. The molecule has 1 saturated carbocycles.